The molecule has 4 fully saturated rings. The Hall–Kier alpha value is -3.05. The molecule has 37 heavy (non-hydrogen) atoms. The lowest BCUT2D eigenvalue weighted by atomic mass is 9.49. The first kappa shape index (κ1) is 23.1. The smallest absolute Gasteiger partial charge is 0.231 e. The fourth-order valence-corrected chi connectivity index (χ4v) is 8.33. The number of hydrogen-bond donors (Lipinski definition) is 1. The van der Waals surface area contributed by atoms with Gasteiger partial charge >= 0.3 is 0 Å². The summed E-state index contributed by atoms with van der Waals surface area (Å²) in [6.07, 6.45) is 9.77. The highest BCUT2D eigenvalue weighted by molar-refractivity contribution is 5.95. The molecule has 0 spiro atoms. The molecule has 0 saturated heterocycles. The lowest BCUT2D eigenvalue weighted by molar-refractivity contribution is -0.140. The lowest BCUT2D eigenvalue weighted by Gasteiger charge is -2.55. The van der Waals surface area contributed by atoms with Gasteiger partial charge in [0.1, 0.15) is 12.1 Å². The minimum absolute atomic E-state index is 0.161. The van der Waals surface area contributed by atoms with Gasteiger partial charge in [0.15, 0.2) is 0 Å². The molecule has 1 N–H and O–H groups in total. The molecule has 5 nitrogen and oxygen atoms in total. The predicted molar refractivity (Wildman–Crippen MR) is 145 cm³/mol. The zero-order chi connectivity index (χ0) is 24.8. The Kier molecular flexibility index (Phi) is 5.84. The van der Waals surface area contributed by atoms with Crippen molar-refractivity contribution in [1.82, 2.24) is 14.9 Å². The van der Waals surface area contributed by atoms with Gasteiger partial charge in [-0.2, -0.15) is 0 Å². The molecule has 4 bridgehead atoms. The molecule has 0 radical (unpaired) electrons. The van der Waals surface area contributed by atoms with Gasteiger partial charge in [-0.3, -0.25) is 9.69 Å². The Morgan fingerprint density at radius 1 is 0.892 bits per heavy atom. The SMILES string of the molecule is O=C(Nc1ncnc2c1CCN(CC(c1ccccc1)c1ccccc1)C2)C12CC3CC(CC(C3)C1)C2. The van der Waals surface area contributed by atoms with Gasteiger partial charge in [-0.05, 0) is 73.8 Å². The number of fused-ring (bicyclic) bond motifs is 1. The molecule has 0 atom stereocenters. The summed E-state index contributed by atoms with van der Waals surface area (Å²) in [5.74, 6) is 3.56. The van der Waals surface area contributed by atoms with E-state index < -0.39 is 0 Å². The van der Waals surface area contributed by atoms with Crippen molar-refractivity contribution in [2.24, 2.45) is 23.2 Å². The first-order valence-corrected chi connectivity index (χ1v) is 14.1. The van der Waals surface area contributed by atoms with Crippen LogP contribution in [0.5, 0.6) is 0 Å². The highest BCUT2D eigenvalue weighted by atomic mass is 16.2. The first-order chi connectivity index (χ1) is 18.1. The topological polar surface area (TPSA) is 58.1 Å². The Balaban J connectivity index is 1.09. The molecule has 4 saturated carbocycles. The maximum atomic E-state index is 13.7. The van der Waals surface area contributed by atoms with Crippen LogP contribution in [-0.4, -0.2) is 33.9 Å². The molecule has 190 valence electrons. The molecule has 1 aromatic heterocycles. The van der Waals surface area contributed by atoms with E-state index in [1.807, 2.05) is 0 Å². The molecular formula is C32H36N4O. The largest absolute Gasteiger partial charge is 0.310 e. The Morgan fingerprint density at radius 2 is 1.49 bits per heavy atom. The van der Waals surface area contributed by atoms with Crippen molar-refractivity contribution in [2.45, 2.75) is 57.4 Å². The molecular weight excluding hydrogens is 456 g/mol. The van der Waals surface area contributed by atoms with Gasteiger partial charge in [-0.25, -0.2) is 9.97 Å². The number of hydrogen-bond acceptors (Lipinski definition) is 4. The summed E-state index contributed by atoms with van der Waals surface area (Å²) in [7, 11) is 0. The standard InChI is InChI=1S/C32H36N4O/c37-31(32-16-22-13-23(17-32)15-24(14-22)18-32)35-30-27-11-12-36(20-29(27)33-21-34-30)19-28(25-7-3-1-4-8-25)26-9-5-2-6-10-26/h1-10,21-24,28H,11-20H2,(H,33,34,35,37). The third-order valence-corrected chi connectivity index (χ3v) is 9.68. The normalized spacial score (nSPS) is 28.3. The zero-order valence-electron chi connectivity index (χ0n) is 21.5. The number of nitrogens with zero attached hydrogens (tertiary/aromatic N) is 3. The Morgan fingerprint density at radius 3 is 2.08 bits per heavy atom. The monoisotopic (exact) mass is 492 g/mol. The van der Waals surface area contributed by atoms with Crippen LogP contribution in [-0.2, 0) is 17.8 Å². The molecule has 4 aliphatic carbocycles. The number of anilines is 1. The van der Waals surface area contributed by atoms with Crippen LogP contribution in [0.1, 0.15) is 66.8 Å². The minimum Gasteiger partial charge on any atom is -0.310 e. The van der Waals surface area contributed by atoms with Crippen molar-refractivity contribution in [3.63, 3.8) is 0 Å². The van der Waals surface area contributed by atoms with Crippen molar-refractivity contribution in [1.29, 1.82) is 0 Å². The molecule has 1 amide bonds. The molecule has 0 unspecified atom stereocenters. The number of carbonyl (C=O) groups excluding carboxylic acids is 1. The van der Waals surface area contributed by atoms with E-state index in [0.29, 0.717) is 5.92 Å². The lowest BCUT2D eigenvalue weighted by Crippen LogP contribution is -2.52. The average Bonchev–Trinajstić information content (AvgIpc) is 2.92. The van der Waals surface area contributed by atoms with Crippen LogP contribution in [0.3, 0.4) is 0 Å². The third kappa shape index (κ3) is 4.37. The fraction of sp³-hybridized carbons (Fsp3) is 0.469. The zero-order valence-corrected chi connectivity index (χ0v) is 21.5. The van der Waals surface area contributed by atoms with E-state index in [0.717, 1.165) is 80.1 Å². The summed E-state index contributed by atoms with van der Waals surface area (Å²) < 4.78 is 0. The maximum absolute atomic E-state index is 13.7. The second-order valence-electron chi connectivity index (χ2n) is 12.2. The number of carbonyl (C=O) groups is 1. The highest BCUT2D eigenvalue weighted by Gasteiger charge is 2.54. The van der Waals surface area contributed by atoms with Crippen LogP contribution in [0.2, 0.25) is 0 Å². The van der Waals surface area contributed by atoms with Crippen LogP contribution >= 0.6 is 0 Å². The van der Waals surface area contributed by atoms with Crippen molar-refractivity contribution in [2.75, 3.05) is 18.4 Å². The first-order valence-electron chi connectivity index (χ1n) is 14.1. The van der Waals surface area contributed by atoms with E-state index in [9.17, 15) is 4.79 Å². The van der Waals surface area contributed by atoms with E-state index >= 15 is 0 Å². The second kappa shape index (κ2) is 9.36. The molecule has 2 aromatic carbocycles. The summed E-state index contributed by atoms with van der Waals surface area (Å²) in [5, 5.41) is 3.33. The van der Waals surface area contributed by atoms with Crippen molar-refractivity contribution < 1.29 is 4.79 Å². The minimum atomic E-state index is -0.161. The number of aromatic nitrogens is 2. The van der Waals surface area contributed by atoms with Crippen LogP contribution in [0.15, 0.2) is 67.0 Å². The van der Waals surface area contributed by atoms with Gasteiger partial charge in [0, 0.05) is 31.1 Å². The third-order valence-electron chi connectivity index (χ3n) is 9.68. The van der Waals surface area contributed by atoms with Crippen LogP contribution in [0.4, 0.5) is 5.82 Å². The number of nitrogens with one attached hydrogen (secondary N) is 1. The quantitative estimate of drug-likeness (QED) is 0.471. The van der Waals surface area contributed by atoms with Crippen LogP contribution in [0.25, 0.3) is 0 Å². The van der Waals surface area contributed by atoms with E-state index in [1.54, 1.807) is 6.33 Å². The average molecular weight is 493 g/mol. The summed E-state index contributed by atoms with van der Waals surface area (Å²) >= 11 is 0. The van der Waals surface area contributed by atoms with Gasteiger partial charge in [-0.15, -0.1) is 0 Å². The van der Waals surface area contributed by atoms with Crippen LogP contribution in [0, 0.1) is 23.2 Å². The van der Waals surface area contributed by atoms with E-state index in [-0.39, 0.29) is 11.3 Å². The predicted octanol–water partition coefficient (Wildman–Crippen LogP) is 5.82. The van der Waals surface area contributed by atoms with E-state index in [4.69, 9.17) is 0 Å². The number of rotatable bonds is 6. The number of benzene rings is 2. The summed E-state index contributed by atoms with van der Waals surface area (Å²) in [6.45, 7) is 2.66. The summed E-state index contributed by atoms with van der Waals surface area (Å²) in [4.78, 5) is 25.5. The Labute approximate surface area is 219 Å². The van der Waals surface area contributed by atoms with E-state index in [2.05, 4.69) is 80.8 Å². The van der Waals surface area contributed by atoms with Crippen LogP contribution < -0.4 is 5.32 Å². The van der Waals surface area contributed by atoms with Crippen molar-refractivity contribution in [3.8, 4) is 0 Å². The molecule has 8 rings (SSSR count). The fourth-order valence-electron chi connectivity index (χ4n) is 8.33. The molecule has 1 aliphatic heterocycles. The summed E-state index contributed by atoms with van der Waals surface area (Å²) in [5.41, 5.74) is 4.71. The van der Waals surface area contributed by atoms with Gasteiger partial charge in [0.2, 0.25) is 5.91 Å². The molecule has 3 aromatic rings. The van der Waals surface area contributed by atoms with Gasteiger partial charge in [-0.1, -0.05) is 60.7 Å². The van der Waals surface area contributed by atoms with E-state index in [1.165, 1.54) is 30.4 Å². The Bertz CT molecular complexity index is 1200. The number of amides is 1. The second-order valence-corrected chi connectivity index (χ2v) is 12.2. The van der Waals surface area contributed by atoms with Gasteiger partial charge < -0.3 is 5.32 Å². The molecule has 2 heterocycles. The summed E-state index contributed by atoms with van der Waals surface area (Å²) in [6, 6.07) is 21.6. The van der Waals surface area contributed by atoms with Crippen molar-refractivity contribution in [3.05, 3.63) is 89.4 Å². The van der Waals surface area contributed by atoms with Gasteiger partial charge in [0.25, 0.3) is 0 Å². The maximum Gasteiger partial charge on any atom is 0.231 e. The van der Waals surface area contributed by atoms with Crippen molar-refractivity contribution >= 4 is 11.7 Å². The highest BCUT2D eigenvalue weighted by Crippen LogP contribution is 2.60. The molecule has 5 aliphatic rings. The molecule has 5 heteroatoms. The van der Waals surface area contributed by atoms with Gasteiger partial charge in [0.05, 0.1) is 11.1 Å².